The summed E-state index contributed by atoms with van der Waals surface area (Å²) in [7, 11) is 0. The van der Waals surface area contributed by atoms with Crippen molar-refractivity contribution >= 4 is 29.2 Å². The molecule has 190 valence electrons. The van der Waals surface area contributed by atoms with Gasteiger partial charge in [0.2, 0.25) is 0 Å². The standard InChI is InChI=1S/C26H34FN3O5/c1-5-26(23(32)33)14-29(15-8-9-15)20-17(22(26)31)11-19(27)21-18(20)13-30(24(34)35,25(2,3)4)12-16-7-6-10-28(16)21/h11,15-16H,5-10,12-14H2,1-4H3,(H-,32,33,34,35)/p+1. The van der Waals surface area contributed by atoms with Crippen LogP contribution in [-0.4, -0.2) is 69.8 Å². The van der Waals surface area contributed by atoms with E-state index >= 15 is 4.39 Å². The van der Waals surface area contributed by atoms with Gasteiger partial charge in [0.15, 0.2) is 5.78 Å². The Balaban J connectivity index is 1.82. The largest absolute Gasteiger partial charge is 0.514 e. The van der Waals surface area contributed by atoms with Gasteiger partial charge in [-0.05, 0) is 58.9 Å². The van der Waals surface area contributed by atoms with Crippen molar-refractivity contribution in [3.05, 3.63) is 23.0 Å². The Hall–Kier alpha value is -2.68. The molecule has 1 aromatic carbocycles. The summed E-state index contributed by atoms with van der Waals surface area (Å²) >= 11 is 0. The SMILES string of the molecule is CCC1(C(=O)O)CN(C2CC2)c2c(cc(F)c3c2C[N+](C(=O)O)(C(C)(C)C)CC2CCCN32)C1=O. The number of carboxylic acid groups (broad SMARTS) is 2. The minimum Gasteiger partial charge on any atom is -0.480 e. The van der Waals surface area contributed by atoms with Crippen LogP contribution in [0.25, 0.3) is 0 Å². The van der Waals surface area contributed by atoms with Crippen LogP contribution in [-0.2, 0) is 11.3 Å². The summed E-state index contributed by atoms with van der Waals surface area (Å²) in [4.78, 5) is 43.1. The Morgan fingerprint density at radius 3 is 2.37 bits per heavy atom. The van der Waals surface area contributed by atoms with Crippen molar-refractivity contribution in [2.45, 2.75) is 84.0 Å². The topological polar surface area (TPSA) is 98.2 Å². The quantitative estimate of drug-likeness (QED) is 0.485. The predicted octanol–water partition coefficient (Wildman–Crippen LogP) is 4.25. The minimum absolute atomic E-state index is 0.0272. The van der Waals surface area contributed by atoms with E-state index in [0.717, 1.165) is 25.7 Å². The first-order chi connectivity index (χ1) is 16.4. The summed E-state index contributed by atoms with van der Waals surface area (Å²) in [6.45, 7) is 8.41. The molecule has 8 nitrogen and oxygen atoms in total. The molecule has 1 saturated carbocycles. The van der Waals surface area contributed by atoms with Gasteiger partial charge in [-0.1, -0.05) is 6.92 Å². The number of anilines is 2. The number of rotatable bonds is 3. The predicted molar refractivity (Wildman–Crippen MR) is 128 cm³/mol. The van der Waals surface area contributed by atoms with Gasteiger partial charge in [0, 0.05) is 24.7 Å². The van der Waals surface area contributed by atoms with Crippen molar-refractivity contribution in [2.75, 3.05) is 29.4 Å². The molecule has 0 bridgehead atoms. The molecule has 1 amide bonds. The Morgan fingerprint density at radius 2 is 1.83 bits per heavy atom. The summed E-state index contributed by atoms with van der Waals surface area (Å²) in [5, 5.41) is 20.7. The Morgan fingerprint density at radius 1 is 1.14 bits per heavy atom. The van der Waals surface area contributed by atoms with E-state index in [2.05, 4.69) is 0 Å². The van der Waals surface area contributed by atoms with Crippen LogP contribution in [0.3, 0.4) is 0 Å². The van der Waals surface area contributed by atoms with Gasteiger partial charge in [0.1, 0.15) is 29.9 Å². The lowest BCUT2D eigenvalue weighted by molar-refractivity contribution is -0.916. The lowest BCUT2D eigenvalue weighted by atomic mass is 9.73. The second kappa shape index (κ2) is 7.66. The fourth-order valence-corrected chi connectivity index (χ4v) is 6.59. The normalized spacial score (nSPS) is 30.4. The zero-order valence-corrected chi connectivity index (χ0v) is 20.9. The van der Waals surface area contributed by atoms with Gasteiger partial charge < -0.3 is 20.0 Å². The molecule has 3 aliphatic heterocycles. The first-order valence-corrected chi connectivity index (χ1v) is 12.7. The van der Waals surface area contributed by atoms with Crippen molar-refractivity contribution in [3.8, 4) is 0 Å². The molecule has 0 radical (unpaired) electrons. The minimum atomic E-state index is -1.64. The summed E-state index contributed by atoms with van der Waals surface area (Å²) in [5.41, 5.74) is -0.747. The van der Waals surface area contributed by atoms with Crippen LogP contribution in [0.2, 0.25) is 0 Å². The fourth-order valence-electron chi connectivity index (χ4n) is 6.59. The third kappa shape index (κ3) is 3.23. The van der Waals surface area contributed by atoms with E-state index in [4.69, 9.17) is 0 Å². The third-order valence-electron chi connectivity index (χ3n) is 9.00. The van der Waals surface area contributed by atoms with Gasteiger partial charge in [-0.2, -0.15) is 4.79 Å². The molecule has 9 heteroatoms. The first kappa shape index (κ1) is 24.0. The number of Topliss-reactive ketones (excluding diaryl/α,β-unsaturated/α-hetero) is 1. The highest BCUT2D eigenvalue weighted by atomic mass is 19.1. The molecule has 3 atom stereocenters. The number of ketones is 1. The van der Waals surface area contributed by atoms with Crippen LogP contribution < -0.4 is 9.80 Å². The van der Waals surface area contributed by atoms with Crippen LogP contribution in [0.1, 0.15) is 75.7 Å². The molecule has 4 aliphatic rings. The molecule has 35 heavy (non-hydrogen) atoms. The number of aliphatic carboxylic acids is 1. The Bertz CT molecular complexity index is 1130. The number of hydrogen-bond acceptors (Lipinski definition) is 5. The number of carbonyl (C=O) groups excluding carboxylic acids is 1. The number of amides is 1. The zero-order valence-electron chi connectivity index (χ0n) is 20.9. The maximum Gasteiger partial charge on any atom is 0.514 e. The second-order valence-corrected chi connectivity index (χ2v) is 11.8. The van der Waals surface area contributed by atoms with Gasteiger partial charge in [-0.15, -0.1) is 0 Å². The molecule has 2 fully saturated rings. The lowest BCUT2D eigenvalue weighted by Gasteiger charge is -2.45. The van der Waals surface area contributed by atoms with E-state index < -0.39 is 34.6 Å². The number of hydrogen-bond donors (Lipinski definition) is 2. The summed E-state index contributed by atoms with van der Waals surface area (Å²) in [5.74, 6) is -2.33. The van der Waals surface area contributed by atoms with E-state index in [9.17, 15) is 24.6 Å². The molecule has 1 aliphatic carbocycles. The smallest absolute Gasteiger partial charge is 0.480 e. The van der Waals surface area contributed by atoms with Crippen LogP contribution >= 0.6 is 0 Å². The van der Waals surface area contributed by atoms with Crippen molar-refractivity contribution in [3.63, 3.8) is 0 Å². The molecule has 3 heterocycles. The van der Waals surface area contributed by atoms with Crippen molar-refractivity contribution in [1.82, 2.24) is 0 Å². The number of carbonyl (C=O) groups is 3. The second-order valence-electron chi connectivity index (χ2n) is 11.8. The van der Waals surface area contributed by atoms with Gasteiger partial charge >= 0.3 is 12.1 Å². The van der Waals surface area contributed by atoms with Gasteiger partial charge in [0.05, 0.1) is 23.0 Å². The van der Waals surface area contributed by atoms with Gasteiger partial charge in [0.25, 0.3) is 0 Å². The molecule has 0 aromatic heterocycles. The highest BCUT2D eigenvalue weighted by Crippen LogP contribution is 2.52. The summed E-state index contributed by atoms with van der Waals surface area (Å²) in [6.07, 6.45) is 2.49. The number of nitrogens with zero attached hydrogens (tertiary/aromatic N) is 3. The number of quaternary nitrogens is 1. The monoisotopic (exact) mass is 488 g/mol. The van der Waals surface area contributed by atoms with Crippen molar-refractivity contribution < 1.29 is 33.5 Å². The number of carboxylic acids is 1. The molecule has 5 rings (SSSR count). The zero-order chi connectivity index (χ0) is 25.5. The summed E-state index contributed by atoms with van der Waals surface area (Å²) in [6, 6.07) is 1.17. The number of benzene rings is 1. The maximum absolute atomic E-state index is 16.0. The van der Waals surface area contributed by atoms with Crippen molar-refractivity contribution in [2.24, 2.45) is 5.41 Å². The average Bonchev–Trinajstić information content (AvgIpc) is 3.54. The van der Waals surface area contributed by atoms with Crippen LogP contribution in [0.5, 0.6) is 0 Å². The molecule has 1 saturated heterocycles. The van der Waals surface area contributed by atoms with E-state index in [0.29, 0.717) is 30.0 Å². The molecular formula is C26H35FN3O5+. The van der Waals surface area contributed by atoms with Crippen LogP contribution in [0.15, 0.2) is 6.07 Å². The first-order valence-electron chi connectivity index (χ1n) is 12.7. The highest BCUT2D eigenvalue weighted by molar-refractivity contribution is 6.17. The summed E-state index contributed by atoms with van der Waals surface area (Å²) < 4.78 is 15.7. The Kier molecular flexibility index (Phi) is 5.26. The Labute approximate surface area is 204 Å². The van der Waals surface area contributed by atoms with E-state index in [1.54, 1.807) is 6.92 Å². The molecule has 2 N–H and O–H groups in total. The fraction of sp³-hybridized carbons (Fsp3) is 0.654. The van der Waals surface area contributed by atoms with E-state index in [1.165, 1.54) is 6.07 Å². The van der Waals surface area contributed by atoms with Crippen LogP contribution in [0, 0.1) is 11.2 Å². The molecule has 0 spiro atoms. The van der Waals surface area contributed by atoms with E-state index in [1.807, 2.05) is 30.6 Å². The molecular weight excluding hydrogens is 453 g/mol. The van der Waals surface area contributed by atoms with Crippen LogP contribution in [0.4, 0.5) is 20.6 Å². The van der Waals surface area contributed by atoms with Crippen molar-refractivity contribution in [1.29, 1.82) is 0 Å². The van der Waals surface area contributed by atoms with E-state index in [-0.39, 0.29) is 41.6 Å². The maximum atomic E-state index is 16.0. The third-order valence-corrected chi connectivity index (χ3v) is 9.00. The highest BCUT2D eigenvalue weighted by Gasteiger charge is 2.58. The lowest BCUT2D eigenvalue weighted by Crippen LogP contribution is -2.65. The van der Waals surface area contributed by atoms with Gasteiger partial charge in [-0.25, -0.2) is 8.87 Å². The number of halogens is 1. The molecule has 1 aromatic rings. The average molecular weight is 489 g/mol. The molecule has 3 unspecified atom stereocenters. The van der Waals surface area contributed by atoms with Gasteiger partial charge in [-0.3, -0.25) is 9.59 Å². The number of fused-ring (bicyclic) bond motifs is 5.